The predicted molar refractivity (Wildman–Crippen MR) is 53.2 cm³/mol. The van der Waals surface area contributed by atoms with Crippen LogP contribution < -0.4 is 0 Å². The van der Waals surface area contributed by atoms with E-state index in [2.05, 4.69) is 0 Å². The van der Waals surface area contributed by atoms with Crippen LogP contribution in [0.25, 0.3) is 0 Å². The molecule has 1 aliphatic rings. The van der Waals surface area contributed by atoms with Gasteiger partial charge < -0.3 is 0 Å². The van der Waals surface area contributed by atoms with Gasteiger partial charge in [0.25, 0.3) is 0 Å². The third-order valence-corrected chi connectivity index (χ3v) is 2.87. The van der Waals surface area contributed by atoms with E-state index in [1.807, 2.05) is 24.3 Å². The van der Waals surface area contributed by atoms with Gasteiger partial charge >= 0.3 is 0 Å². The molecule has 2 rings (SSSR count). The molecule has 1 saturated carbocycles. The third kappa shape index (κ3) is 1.87. The Hall–Kier alpha value is -0.530. The van der Waals surface area contributed by atoms with Gasteiger partial charge in [-0.15, -0.1) is 0 Å². The molecule has 13 heavy (non-hydrogen) atoms. The van der Waals surface area contributed by atoms with E-state index in [0.29, 0.717) is 10.9 Å². The van der Waals surface area contributed by atoms with Gasteiger partial charge in [-0.1, -0.05) is 23.7 Å². The zero-order valence-electron chi connectivity index (χ0n) is 6.84. The SMILES string of the molecule is O=C(Cl)[C@H]1C[C@@H]1c1cccc(Cl)c1. The zero-order valence-corrected chi connectivity index (χ0v) is 8.35. The minimum absolute atomic E-state index is 0.0140. The fraction of sp³-hybridized carbons (Fsp3) is 0.300. The predicted octanol–water partition coefficient (Wildman–Crippen LogP) is 3.21. The number of hydrogen-bond donors (Lipinski definition) is 0. The first-order valence-corrected chi connectivity index (χ1v) is 4.89. The van der Waals surface area contributed by atoms with Crippen molar-refractivity contribution in [2.45, 2.75) is 12.3 Å². The van der Waals surface area contributed by atoms with Crippen molar-refractivity contribution in [2.24, 2.45) is 5.92 Å². The van der Waals surface area contributed by atoms with Crippen molar-refractivity contribution in [3.8, 4) is 0 Å². The van der Waals surface area contributed by atoms with E-state index in [9.17, 15) is 4.79 Å². The van der Waals surface area contributed by atoms with Gasteiger partial charge in [0.05, 0.1) is 0 Å². The van der Waals surface area contributed by atoms with E-state index in [1.165, 1.54) is 0 Å². The summed E-state index contributed by atoms with van der Waals surface area (Å²) in [4.78, 5) is 10.8. The van der Waals surface area contributed by atoms with Crippen molar-refractivity contribution < 1.29 is 4.79 Å². The molecule has 1 aromatic rings. The van der Waals surface area contributed by atoms with Crippen molar-refractivity contribution in [1.29, 1.82) is 0 Å². The first-order valence-electron chi connectivity index (χ1n) is 4.13. The molecule has 0 heterocycles. The van der Waals surface area contributed by atoms with Gasteiger partial charge in [-0.25, -0.2) is 0 Å². The molecule has 1 fully saturated rings. The lowest BCUT2D eigenvalue weighted by Gasteiger charge is -1.98. The standard InChI is InChI=1S/C10H8Cl2O/c11-7-3-1-2-6(4-7)8-5-9(8)10(12)13/h1-4,8-9H,5H2/t8-,9+/m1/s1. The first kappa shape index (κ1) is 9.04. The lowest BCUT2D eigenvalue weighted by molar-refractivity contribution is -0.112. The summed E-state index contributed by atoms with van der Waals surface area (Å²) in [6.45, 7) is 0. The average molecular weight is 215 g/mol. The highest BCUT2D eigenvalue weighted by Crippen LogP contribution is 2.48. The van der Waals surface area contributed by atoms with Crippen LogP contribution in [0.1, 0.15) is 17.9 Å². The van der Waals surface area contributed by atoms with E-state index in [4.69, 9.17) is 23.2 Å². The molecule has 3 heteroatoms. The Labute approximate surface area is 86.7 Å². The van der Waals surface area contributed by atoms with E-state index in [-0.39, 0.29) is 11.2 Å². The second-order valence-electron chi connectivity index (χ2n) is 3.31. The number of hydrogen-bond acceptors (Lipinski definition) is 1. The fourth-order valence-electron chi connectivity index (χ4n) is 1.55. The molecule has 68 valence electrons. The van der Waals surface area contributed by atoms with Gasteiger partial charge in [0.1, 0.15) is 0 Å². The van der Waals surface area contributed by atoms with Gasteiger partial charge in [-0.2, -0.15) is 0 Å². The summed E-state index contributed by atoms with van der Waals surface area (Å²) in [5.74, 6) is 0.309. The lowest BCUT2D eigenvalue weighted by Crippen LogP contribution is -1.91. The Morgan fingerprint density at radius 1 is 1.46 bits per heavy atom. The highest BCUT2D eigenvalue weighted by Gasteiger charge is 2.42. The summed E-state index contributed by atoms with van der Waals surface area (Å²) in [5.41, 5.74) is 1.12. The van der Waals surface area contributed by atoms with Gasteiger partial charge in [0.2, 0.25) is 5.24 Å². The summed E-state index contributed by atoms with van der Waals surface area (Å²) >= 11 is 11.2. The molecule has 0 radical (unpaired) electrons. The second kappa shape index (κ2) is 3.32. The fourth-order valence-corrected chi connectivity index (χ4v) is 1.99. The van der Waals surface area contributed by atoms with Crippen LogP contribution in [-0.4, -0.2) is 5.24 Å². The van der Waals surface area contributed by atoms with Gasteiger partial charge in [-0.05, 0) is 41.6 Å². The molecule has 0 spiro atoms. The van der Waals surface area contributed by atoms with Crippen molar-refractivity contribution >= 4 is 28.4 Å². The average Bonchev–Trinajstić information content (AvgIpc) is 2.82. The Balaban J connectivity index is 2.16. The number of carbonyl (C=O) groups is 1. The van der Waals surface area contributed by atoms with Crippen LogP contribution in [0.15, 0.2) is 24.3 Å². The summed E-state index contributed by atoms with van der Waals surface area (Å²) in [6.07, 6.45) is 0.864. The zero-order chi connectivity index (χ0) is 9.42. The number of rotatable bonds is 2. The van der Waals surface area contributed by atoms with Crippen molar-refractivity contribution in [3.05, 3.63) is 34.9 Å². The summed E-state index contributed by atoms with van der Waals surface area (Å²) < 4.78 is 0. The molecule has 1 aliphatic carbocycles. The van der Waals surface area contributed by atoms with Crippen LogP contribution in [0.4, 0.5) is 0 Å². The number of halogens is 2. The van der Waals surface area contributed by atoms with E-state index >= 15 is 0 Å². The van der Waals surface area contributed by atoms with E-state index in [1.54, 1.807) is 0 Å². The summed E-state index contributed by atoms with van der Waals surface area (Å²) in [6, 6.07) is 7.60. The van der Waals surface area contributed by atoms with Crippen LogP contribution in [0.3, 0.4) is 0 Å². The van der Waals surface area contributed by atoms with Crippen LogP contribution in [0.5, 0.6) is 0 Å². The Morgan fingerprint density at radius 2 is 2.23 bits per heavy atom. The minimum atomic E-state index is -0.232. The molecule has 0 bridgehead atoms. The largest absolute Gasteiger partial charge is 0.281 e. The van der Waals surface area contributed by atoms with Gasteiger partial charge in [-0.3, -0.25) is 4.79 Å². The summed E-state index contributed by atoms with van der Waals surface area (Å²) in [5, 5.41) is 0.482. The summed E-state index contributed by atoms with van der Waals surface area (Å²) in [7, 11) is 0. The van der Waals surface area contributed by atoms with Crippen molar-refractivity contribution in [2.75, 3.05) is 0 Å². The van der Waals surface area contributed by atoms with Crippen LogP contribution in [-0.2, 0) is 4.79 Å². The Bertz CT molecular complexity index is 349. The minimum Gasteiger partial charge on any atom is -0.281 e. The maximum atomic E-state index is 10.8. The van der Waals surface area contributed by atoms with E-state index < -0.39 is 0 Å². The first-order chi connectivity index (χ1) is 6.18. The number of benzene rings is 1. The third-order valence-electron chi connectivity index (χ3n) is 2.36. The lowest BCUT2D eigenvalue weighted by atomic mass is 10.1. The smallest absolute Gasteiger partial charge is 0.225 e. The molecule has 0 N–H and O–H groups in total. The van der Waals surface area contributed by atoms with Crippen LogP contribution in [0, 0.1) is 5.92 Å². The Morgan fingerprint density at radius 3 is 2.77 bits per heavy atom. The molecular weight excluding hydrogens is 207 g/mol. The van der Waals surface area contributed by atoms with E-state index in [0.717, 1.165) is 12.0 Å². The monoisotopic (exact) mass is 214 g/mol. The highest BCUT2D eigenvalue weighted by atomic mass is 35.5. The molecule has 2 atom stereocenters. The maximum absolute atomic E-state index is 10.8. The normalized spacial score (nSPS) is 25.7. The molecule has 0 unspecified atom stereocenters. The molecule has 0 saturated heterocycles. The number of carbonyl (C=O) groups excluding carboxylic acids is 1. The molecule has 1 aromatic carbocycles. The topological polar surface area (TPSA) is 17.1 Å². The van der Waals surface area contributed by atoms with Crippen molar-refractivity contribution in [1.82, 2.24) is 0 Å². The molecule has 0 aliphatic heterocycles. The second-order valence-corrected chi connectivity index (χ2v) is 4.12. The molecule has 0 amide bonds. The maximum Gasteiger partial charge on any atom is 0.225 e. The van der Waals surface area contributed by atoms with Crippen LogP contribution >= 0.6 is 23.2 Å². The quantitative estimate of drug-likeness (QED) is 0.692. The molecule has 1 nitrogen and oxygen atoms in total. The molecular formula is C10H8Cl2O. The van der Waals surface area contributed by atoms with Gasteiger partial charge in [0, 0.05) is 10.9 Å². The molecule has 0 aromatic heterocycles. The Kier molecular flexibility index (Phi) is 2.31. The highest BCUT2D eigenvalue weighted by molar-refractivity contribution is 6.64. The van der Waals surface area contributed by atoms with Gasteiger partial charge in [0.15, 0.2) is 0 Å². The van der Waals surface area contributed by atoms with Crippen LogP contribution in [0.2, 0.25) is 5.02 Å². The van der Waals surface area contributed by atoms with Crippen molar-refractivity contribution in [3.63, 3.8) is 0 Å².